The van der Waals surface area contributed by atoms with Crippen molar-refractivity contribution in [2.24, 2.45) is 0 Å². The van der Waals surface area contributed by atoms with Crippen molar-refractivity contribution in [3.05, 3.63) is 53.1 Å². The Kier molecular flexibility index (Phi) is 7.23. The van der Waals surface area contributed by atoms with Crippen molar-refractivity contribution in [2.75, 3.05) is 19.5 Å². The molecule has 144 valence electrons. The number of nitrogens with one attached hydrogen (secondary N) is 2. The second-order valence-electron chi connectivity index (χ2n) is 5.98. The summed E-state index contributed by atoms with van der Waals surface area (Å²) in [5.41, 5.74) is 3.55. The molecule has 0 heterocycles. The van der Waals surface area contributed by atoms with E-state index in [1.54, 1.807) is 32.4 Å². The molecule has 2 amide bonds. The van der Waals surface area contributed by atoms with Gasteiger partial charge in [0.05, 0.1) is 14.2 Å². The quantitative estimate of drug-likeness (QED) is 0.735. The van der Waals surface area contributed by atoms with Crippen LogP contribution in [-0.4, -0.2) is 26.0 Å². The van der Waals surface area contributed by atoms with Crippen LogP contribution in [-0.2, 0) is 29.0 Å². The first-order valence-corrected chi connectivity index (χ1v) is 8.94. The number of amides is 2. The average Bonchev–Trinajstić information content (AvgIpc) is 2.71. The predicted octanol–water partition coefficient (Wildman–Crippen LogP) is 3.08. The van der Waals surface area contributed by atoms with Crippen LogP contribution in [0.25, 0.3) is 0 Å². The highest BCUT2D eigenvalue weighted by atomic mass is 16.5. The van der Waals surface area contributed by atoms with Crippen molar-refractivity contribution in [3.63, 3.8) is 0 Å². The Balaban J connectivity index is 2.04. The second kappa shape index (κ2) is 9.62. The lowest BCUT2D eigenvalue weighted by Crippen LogP contribution is -2.35. The predicted molar refractivity (Wildman–Crippen MR) is 105 cm³/mol. The minimum absolute atomic E-state index is 0.211. The minimum atomic E-state index is -0.683. The van der Waals surface area contributed by atoms with Gasteiger partial charge in [0.2, 0.25) is 0 Å². The lowest BCUT2D eigenvalue weighted by molar-refractivity contribution is -0.136. The van der Waals surface area contributed by atoms with Gasteiger partial charge in [-0.15, -0.1) is 0 Å². The topological polar surface area (TPSA) is 76.7 Å². The molecule has 2 aromatic carbocycles. The summed E-state index contributed by atoms with van der Waals surface area (Å²) in [7, 11) is 3.10. The number of ether oxygens (including phenoxy) is 2. The summed E-state index contributed by atoms with van der Waals surface area (Å²) in [4.78, 5) is 24.5. The van der Waals surface area contributed by atoms with Crippen molar-refractivity contribution < 1.29 is 19.1 Å². The standard InChI is InChI=1S/C21H26N2O4/c1-5-15-8-7-9-16(6-2)19(15)23-21(25)20(24)22-13-14-10-11-17(26-3)18(12-14)27-4/h7-12H,5-6,13H2,1-4H3,(H,22,24)(H,23,25). The number of rotatable bonds is 7. The molecule has 2 N–H and O–H groups in total. The maximum atomic E-state index is 12.3. The highest BCUT2D eigenvalue weighted by Crippen LogP contribution is 2.27. The van der Waals surface area contributed by atoms with E-state index in [0.717, 1.165) is 35.2 Å². The molecule has 0 aliphatic rings. The van der Waals surface area contributed by atoms with Crippen LogP contribution in [0.15, 0.2) is 36.4 Å². The highest BCUT2D eigenvalue weighted by Gasteiger charge is 2.17. The monoisotopic (exact) mass is 370 g/mol. The molecule has 0 saturated carbocycles. The number of hydrogen-bond donors (Lipinski definition) is 2. The molecule has 0 bridgehead atoms. The summed E-state index contributed by atoms with van der Waals surface area (Å²) in [5.74, 6) is -0.185. The summed E-state index contributed by atoms with van der Waals surface area (Å²) in [6, 6.07) is 11.2. The molecule has 2 rings (SSSR count). The fourth-order valence-electron chi connectivity index (χ4n) is 2.83. The van der Waals surface area contributed by atoms with E-state index in [9.17, 15) is 9.59 Å². The van der Waals surface area contributed by atoms with Gasteiger partial charge in [0.25, 0.3) is 0 Å². The first-order chi connectivity index (χ1) is 13.0. The molecule has 0 unspecified atom stereocenters. The average molecular weight is 370 g/mol. The van der Waals surface area contributed by atoms with Crippen molar-refractivity contribution in [2.45, 2.75) is 33.2 Å². The number of anilines is 1. The van der Waals surface area contributed by atoms with Gasteiger partial charge in [0.1, 0.15) is 0 Å². The van der Waals surface area contributed by atoms with E-state index < -0.39 is 11.8 Å². The van der Waals surface area contributed by atoms with Gasteiger partial charge in [-0.05, 0) is 41.7 Å². The molecule has 0 aromatic heterocycles. The van der Waals surface area contributed by atoms with E-state index in [-0.39, 0.29) is 6.54 Å². The number of methoxy groups -OCH3 is 2. The molecule has 0 fully saturated rings. The third-order valence-electron chi connectivity index (χ3n) is 4.34. The lowest BCUT2D eigenvalue weighted by Gasteiger charge is -2.14. The Bertz CT molecular complexity index is 796. The van der Waals surface area contributed by atoms with Crippen molar-refractivity contribution >= 4 is 17.5 Å². The molecule has 2 aromatic rings. The number of carbonyl (C=O) groups excluding carboxylic acids is 2. The van der Waals surface area contributed by atoms with Gasteiger partial charge in [-0.2, -0.15) is 0 Å². The zero-order valence-corrected chi connectivity index (χ0v) is 16.2. The van der Waals surface area contributed by atoms with Crippen molar-refractivity contribution in [1.82, 2.24) is 5.32 Å². The van der Waals surface area contributed by atoms with Crippen LogP contribution in [0.2, 0.25) is 0 Å². The molecule has 0 aliphatic heterocycles. The zero-order valence-electron chi connectivity index (χ0n) is 16.2. The van der Waals surface area contributed by atoms with Crippen LogP contribution in [0.3, 0.4) is 0 Å². The van der Waals surface area contributed by atoms with Gasteiger partial charge in [-0.3, -0.25) is 9.59 Å². The first-order valence-electron chi connectivity index (χ1n) is 8.94. The molecule has 6 nitrogen and oxygen atoms in total. The molecule has 0 atom stereocenters. The lowest BCUT2D eigenvalue weighted by atomic mass is 10.0. The van der Waals surface area contributed by atoms with E-state index in [4.69, 9.17) is 9.47 Å². The summed E-state index contributed by atoms with van der Waals surface area (Å²) < 4.78 is 10.4. The largest absolute Gasteiger partial charge is 0.493 e. The highest BCUT2D eigenvalue weighted by molar-refractivity contribution is 6.39. The van der Waals surface area contributed by atoms with Gasteiger partial charge >= 0.3 is 11.8 Å². The number of carbonyl (C=O) groups is 2. The Hall–Kier alpha value is -3.02. The maximum absolute atomic E-state index is 12.3. The molecule has 0 aliphatic carbocycles. The van der Waals surface area contributed by atoms with Crippen LogP contribution >= 0.6 is 0 Å². The van der Waals surface area contributed by atoms with Crippen LogP contribution in [0, 0.1) is 0 Å². The van der Waals surface area contributed by atoms with Crippen LogP contribution in [0.5, 0.6) is 11.5 Å². The van der Waals surface area contributed by atoms with E-state index in [2.05, 4.69) is 10.6 Å². The normalized spacial score (nSPS) is 10.2. The number of hydrogen-bond acceptors (Lipinski definition) is 4. The SMILES string of the molecule is CCc1cccc(CC)c1NC(=O)C(=O)NCc1ccc(OC)c(OC)c1. The number of benzene rings is 2. The van der Waals surface area contributed by atoms with Gasteiger partial charge < -0.3 is 20.1 Å². The Labute approximate surface area is 159 Å². The maximum Gasteiger partial charge on any atom is 0.313 e. The zero-order chi connectivity index (χ0) is 19.8. The third kappa shape index (κ3) is 5.00. The summed E-state index contributed by atoms with van der Waals surface area (Å²) >= 11 is 0. The fourth-order valence-corrected chi connectivity index (χ4v) is 2.83. The Morgan fingerprint density at radius 2 is 1.52 bits per heavy atom. The van der Waals surface area contributed by atoms with Gasteiger partial charge in [-0.1, -0.05) is 38.1 Å². The van der Waals surface area contributed by atoms with E-state index in [1.165, 1.54) is 0 Å². The molecule has 0 spiro atoms. The molecule has 6 heteroatoms. The molecular weight excluding hydrogens is 344 g/mol. The van der Waals surface area contributed by atoms with E-state index in [0.29, 0.717) is 11.5 Å². The van der Waals surface area contributed by atoms with Gasteiger partial charge in [-0.25, -0.2) is 0 Å². The fraction of sp³-hybridized carbons (Fsp3) is 0.333. The smallest absolute Gasteiger partial charge is 0.313 e. The minimum Gasteiger partial charge on any atom is -0.493 e. The van der Waals surface area contributed by atoms with Crippen LogP contribution < -0.4 is 20.1 Å². The van der Waals surface area contributed by atoms with Gasteiger partial charge in [0.15, 0.2) is 11.5 Å². The van der Waals surface area contributed by atoms with E-state index in [1.807, 2.05) is 32.0 Å². The van der Waals surface area contributed by atoms with Gasteiger partial charge in [0, 0.05) is 12.2 Å². The molecule has 0 radical (unpaired) electrons. The van der Waals surface area contributed by atoms with Crippen LogP contribution in [0.1, 0.15) is 30.5 Å². The summed E-state index contributed by atoms with van der Waals surface area (Å²) in [6.45, 7) is 4.24. The molecule has 0 saturated heterocycles. The van der Waals surface area contributed by atoms with Crippen LogP contribution in [0.4, 0.5) is 5.69 Å². The van der Waals surface area contributed by atoms with Crippen molar-refractivity contribution in [1.29, 1.82) is 0 Å². The summed E-state index contributed by atoms with van der Waals surface area (Å²) in [6.07, 6.45) is 1.55. The number of para-hydroxylation sites is 1. The van der Waals surface area contributed by atoms with Crippen molar-refractivity contribution in [3.8, 4) is 11.5 Å². The molecule has 27 heavy (non-hydrogen) atoms. The Morgan fingerprint density at radius 3 is 2.07 bits per heavy atom. The second-order valence-corrected chi connectivity index (χ2v) is 5.98. The van der Waals surface area contributed by atoms with E-state index >= 15 is 0 Å². The molecular formula is C21H26N2O4. The summed E-state index contributed by atoms with van der Waals surface area (Å²) in [5, 5.41) is 5.40. The third-order valence-corrected chi connectivity index (χ3v) is 4.34. The first kappa shape index (κ1) is 20.3. The Morgan fingerprint density at radius 1 is 0.889 bits per heavy atom. The number of aryl methyl sites for hydroxylation is 2.